The summed E-state index contributed by atoms with van der Waals surface area (Å²) in [5.41, 5.74) is 2.86. The highest BCUT2D eigenvalue weighted by molar-refractivity contribution is 9.10. The van der Waals surface area contributed by atoms with Gasteiger partial charge in [0.25, 0.3) is 0 Å². The van der Waals surface area contributed by atoms with Gasteiger partial charge in [-0.25, -0.2) is 9.37 Å². The summed E-state index contributed by atoms with van der Waals surface area (Å²) in [6.07, 6.45) is 5.85. The van der Waals surface area contributed by atoms with E-state index in [9.17, 15) is 4.39 Å². The number of rotatable bonds is 9. The van der Waals surface area contributed by atoms with Crippen molar-refractivity contribution in [1.29, 1.82) is 0 Å². The zero-order valence-corrected chi connectivity index (χ0v) is 17.2. The van der Waals surface area contributed by atoms with E-state index < -0.39 is 0 Å². The van der Waals surface area contributed by atoms with Crippen LogP contribution in [0.15, 0.2) is 39.8 Å². The summed E-state index contributed by atoms with van der Waals surface area (Å²) >= 11 is 3.52. The minimum absolute atomic E-state index is 0.194. The Morgan fingerprint density at radius 1 is 1.27 bits per heavy atom. The maximum atomic E-state index is 12.9. The van der Waals surface area contributed by atoms with Crippen molar-refractivity contribution in [2.75, 3.05) is 6.61 Å². The first-order chi connectivity index (χ1) is 12.5. The van der Waals surface area contributed by atoms with E-state index in [0.29, 0.717) is 18.4 Å². The van der Waals surface area contributed by atoms with Crippen LogP contribution in [0, 0.1) is 18.7 Å². The fourth-order valence-electron chi connectivity index (χ4n) is 2.35. The van der Waals surface area contributed by atoms with E-state index in [-0.39, 0.29) is 5.82 Å². The third-order valence-electron chi connectivity index (χ3n) is 4.23. The lowest BCUT2D eigenvalue weighted by Gasteiger charge is -2.10. The fraction of sp³-hybridized carbons (Fsp3) is 0.429. The Labute approximate surface area is 163 Å². The second-order valence-electron chi connectivity index (χ2n) is 6.48. The summed E-state index contributed by atoms with van der Waals surface area (Å²) in [5, 5.41) is 0. The number of aromatic nitrogens is 1. The van der Waals surface area contributed by atoms with Crippen molar-refractivity contribution >= 4 is 27.8 Å². The molecule has 0 aliphatic heterocycles. The van der Waals surface area contributed by atoms with Gasteiger partial charge in [0.2, 0.25) is 5.88 Å². The van der Waals surface area contributed by atoms with Crippen LogP contribution in [0.3, 0.4) is 0 Å². The lowest BCUT2D eigenvalue weighted by Crippen LogP contribution is -2.02. The zero-order chi connectivity index (χ0) is 18.9. The van der Waals surface area contributed by atoms with Crippen LogP contribution >= 0.6 is 15.9 Å². The average Bonchev–Trinajstić information content (AvgIpc) is 2.63. The van der Waals surface area contributed by atoms with Gasteiger partial charge in [0.15, 0.2) is 0 Å². The van der Waals surface area contributed by atoms with Crippen LogP contribution < -0.4 is 4.74 Å². The van der Waals surface area contributed by atoms with Crippen molar-refractivity contribution < 1.29 is 9.13 Å². The number of aliphatic imine (C=N–C) groups is 1. The van der Waals surface area contributed by atoms with Gasteiger partial charge >= 0.3 is 0 Å². The standard InChI is InChI=1S/C21H26BrFN2O/c1-4-15(2)14-24-20-13-19(22)21(25-16(20)3)26-12-6-5-7-17-8-10-18(23)11-9-17/h8-11,13-15H,4-7,12H2,1-3H3. The second kappa shape index (κ2) is 10.4. The minimum Gasteiger partial charge on any atom is -0.477 e. The number of halogens is 2. The monoisotopic (exact) mass is 420 g/mol. The maximum absolute atomic E-state index is 12.9. The fourth-order valence-corrected chi connectivity index (χ4v) is 2.77. The van der Waals surface area contributed by atoms with Crippen LogP contribution in [0.5, 0.6) is 5.88 Å². The third-order valence-corrected chi connectivity index (χ3v) is 4.80. The van der Waals surface area contributed by atoms with E-state index in [0.717, 1.165) is 47.1 Å². The molecule has 1 aromatic heterocycles. The van der Waals surface area contributed by atoms with E-state index in [4.69, 9.17) is 4.74 Å². The lowest BCUT2D eigenvalue weighted by atomic mass is 10.1. The molecule has 0 spiro atoms. The number of hydrogen-bond donors (Lipinski definition) is 0. The first-order valence-electron chi connectivity index (χ1n) is 9.08. The molecule has 1 unspecified atom stereocenters. The summed E-state index contributed by atoms with van der Waals surface area (Å²) in [7, 11) is 0. The van der Waals surface area contributed by atoms with Gasteiger partial charge in [-0.05, 0) is 78.2 Å². The Hall–Kier alpha value is -1.75. The summed E-state index contributed by atoms with van der Waals surface area (Å²) in [6.45, 7) is 6.83. The average molecular weight is 421 g/mol. The molecule has 1 aromatic carbocycles. The van der Waals surface area contributed by atoms with Crippen LogP contribution in [0.2, 0.25) is 0 Å². The van der Waals surface area contributed by atoms with E-state index in [2.05, 4.69) is 39.8 Å². The first-order valence-corrected chi connectivity index (χ1v) is 9.87. The van der Waals surface area contributed by atoms with Gasteiger partial charge in [-0.2, -0.15) is 0 Å². The van der Waals surface area contributed by atoms with Gasteiger partial charge in [0.05, 0.1) is 22.5 Å². The quantitative estimate of drug-likeness (QED) is 0.345. The smallest absolute Gasteiger partial charge is 0.228 e. The van der Waals surface area contributed by atoms with Crippen LogP contribution in [0.1, 0.15) is 44.4 Å². The van der Waals surface area contributed by atoms with E-state index in [1.165, 1.54) is 12.1 Å². The van der Waals surface area contributed by atoms with Gasteiger partial charge in [-0.3, -0.25) is 4.99 Å². The third kappa shape index (κ3) is 6.52. The molecule has 0 bridgehead atoms. The highest BCUT2D eigenvalue weighted by Crippen LogP contribution is 2.30. The van der Waals surface area contributed by atoms with E-state index in [1.54, 1.807) is 0 Å². The number of hydrogen-bond acceptors (Lipinski definition) is 3. The number of nitrogens with zero attached hydrogens (tertiary/aromatic N) is 2. The van der Waals surface area contributed by atoms with Gasteiger partial charge in [-0.1, -0.05) is 26.0 Å². The van der Waals surface area contributed by atoms with Crippen LogP contribution in [0.4, 0.5) is 10.1 Å². The Morgan fingerprint density at radius 3 is 2.69 bits per heavy atom. The molecule has 1 atom stereocenters. The summed E-state index contributed by atoms with van der Waals surface area (Å²) in [6, 6.07) is 8.61. The molecule has 0 amide bonds. The number of unbranched alkanes of at least 4 members (excludes halogenated alkanes) is 1. The van der Waals surface area contributed by atoms with Crippen molar-refractivity contribution in [3.63, 3.8) is 0 Å². The summed E-state index contributed by atoms with van der Waals surface area (Å²) in [5.74, 6) is 0.859. The molecule has 140 valence electrons. The molecule has 3 nitrogen and oxygen atoms in total. The highest BCUT2D eigenvalue weighted by atomic mass is 79.9. The Kier molecular flexibility index (Phi) is 8.23. The molecular weight excluding hydrogens is 395 g/mol. The zero-order valence-electron chi connectivity index (χ0n) is 15.6. The van der Waals surface area contributed by atoms with E-state index >= 15 is 0 Å². The van der Waals surface area contributed by atoms with Gasteiger partial charge in [0, 0.05) is 6.21 Å². The molecule has 1 heterocycles. The molecule has 0 aliphatic carbocycles. The minimum atomic E-state index is -0.194. The van der Waals surface area contributed by atoms with Crippen LogP contribution in [-0.4, -0.2) is 17.8 Å². The van der Waals surface area contributed by atoms with E-state index in [1.807, 2.05) is 31.3 Å². The van der Waals surface area contributed by atoms with Gasteiger partial charge < -0.3 is 4.74 Å². The molecule has 0 aliphatic rings. The Balaban J connectivity index is 1.82. The highest BCUT2D eigenvalue weighted by Gasteiger charge is 2.08. The maximum Gasteiger partial charge on any atom is 0.228 e. The van der Waals surface area contributed by atoms with Crippen molar-refractivity contribution in [2.24, 2.45) is 10.9 Å². The molecule has 5 heteroatoms. The van der Waals surface area contributed by atoms with Gasteiger partial charge in [0.1, 0.15) is 5.82 Å². The lowest BCUT2D eigenvalue weighted by molar-refractivity contribution is 0.293. The molecule has 26 heavy (non-hydrogen) atoms. The van der Waals surface area contributed by atoms with Crippen molar-refractivity contribution in [3.8, 4) is 5.88 Å². The van der Waals surface area contributed by atoms with Crippen LogP contribution in [0.25, 0.3) is 0 Å². The number of ether oxygens (including phenoxy) is 1. The molecule has 2 rings (SSSR count). The number of benzene rings is 1. The van der Waals surface area contributed by atoms with Gasteiger partial charge in [-0.15, -0.1) is 0 Å². The predicted octanol–water partition coefficient (Wildman–Crippen LogP) is 6.44. The second-order valence-corrected chi connectivity index (χ2v) is 7.33. The molecule has 2 aromatic rings. The summed E-state index contributed by atoms with van der Waals surface area (Å²) in [4.78, 5) is 9.05. The molecular formula is C21H26BrFN2O. The number of pyridine rings is 1. The molecule has 0 fully saturated rings. The predicted molar refractivity (Wildman–Crippen MR) is 109 cm³/mol. The summed E-state index contributed by atoms with van der Waals surface area (Å²) < 4.78 is 19.5. The molecule has 0 saturated carbocycles. The molecule has 0 N–H and O–H groups in total. The van der Waals surface area contributed by atoms with Crippen LogP contribution in [-0.2, 0) is 6.42 Å². The Bertz CT molecular complexity index is 732. The number of aryl methyl sites for hydroxylation is 2. The SMILES string of the molecule is CCC(C)C=Nc1cc(Br)c(OCCCCc2ccc(F)cc2)nc1C. The Morgan fingerprint density at radius 2 is 2.00 bits per heavy atom. The molecule has 0 radical (unpaired) electrons. The largest absolute Gasteiger partial charge is 0.477 e. The first kappa shape index (κ1) is 20.6. The van der Waals surface area contributed by atoms with Crippen molar-refractivity contribution in [3.05, 3.63) is 51.9 Å². The van der Waals surface area contributed by atoms with Crippen molar-refractivity contribution in [1.82, 2.24) is 4.98 Å². The normalized spacial score (nSPS) is 12.5. The molecule has 0 saturated heterocycles. The topological polar surface area (TPSA) is 34.5 Å². The van der Waals surface area contributed by atoms with Crippen molar-refractivity contribution in [2.45, 2.75) is 46.5 Å².